The van der Waals surface area contributed by atoms with Crippen molar-refractivity contribution in [1.29, 1.82) is 5.26 Å². The van der Waals surface area contributed by atoms with Crippen molar-refractivity contribution in [3.63, 3.8) is 0 Å². The molecule has 0 amide bonds. The van der Waals surface area contributed by atoms with Crippen LogP contribution in [-0.2, 0) is 19.1 Å². The Labute approximate surface area is 246 Å². The lowest BCUT2D eigenvalue weighted by atomic mass is 9.44. The number of allylic oxidation sites excluding steroid dienone is 4. The van der Waals surface area contributed by atoms with Gasteiger partial charge in [0, 0.05) is 33.9 Å². The van der Waals surface area contributed by atoms with Crippen molar-refractivity contribution in [3.8, 4) is 6.07 Å². The van der Waals surface area contributed by atoms with Gasteiger partial charge in [-0.25, -0.2) is 8.78 Å². The van der Waals surface area contributed by atoms with Crippen LogP contribution in [0.1, 0.15) is 45.0 Å². The van der Waals surface area contributed by atoms with E-state index in [9.17, 15) is 20.0 Å². The summed E-state index contributed by atoms with van der Waals surface area (Å²) in [5.74, 6) is -2.07. The summed E-state index contributed by atoms with van der Waals surface area (Å²) in [5.41, 5.74) is -5.03. The molecule has 1 aliphatic heterocycles. The highest BCUT2D eigenvalue weighted by molar-refractivity contribution is 8.14. The van der Waals surface area contributed by atoms with Crippen LogP contribution in [0.25, 0.3) is 10.9 Å². The van der Waals surface area contributed by atoms with E-state index in [2.05, 4.69) is 4.98 Å². The van der Waals surface area contributed by atoms with E-state index in [1.54, 1.807) is 13.1 Å². The number of alkyl halides is 2. The lowest BCUT2D eigenvalue weighted by Gasteiger charge is -2.63. The number of fused-ring (bicyclic) bond motifs is 8. The summed E-state index contributed by atoms with van der Waals surface area (Å²) in [7, 11) is 0. The van der Waals surface area contributed by atoms with Crippen molar-refractivity contribution in [2.24, 2.45) is 22.7 Å². The predicted octanol–water partition coefficient (Wildman–Crippen LogP) is 5.10. The van der Waals surface area contributed by atoms with Crippen LogP contribution < -0.4 is 0 Å². The average molecular weight is 593 g/mol. The van der Waals surface area contributed by atoms with Gasteiger partial charge in [0.05, 0.1) is 29.5 Å². The highest BCUT2D eigenvalue weighted by Crippen LogP contribution is 2.73. The van der Waals surface area contributed by atoms with E-state index in [-0.39, 0.29) is 30.6 Å². The molecule has 5 aliphatic rings. The molecule has 1 aromatic heterocycles. The number of halogens is 2. The van der Waals surface area contributed by atoms with Gasteiger partial charge >= 0.3 is 0 Å². The van der Waals surface area contributed by atoms with E-state index >= 15 is 8.78 Å². The smallest absolute Gasteiger partial charge is 0.225 e. The first-order chi connectivity index (χ1) is 20.0. The van der Waals surface area contributed by atoms with E-state index < -0.39 is 69.5 Å². The van der Waals surface area contributed by atoms with Gasteiger partial charge in [0.1, 0.15) is 6.17 Å². The SMILES string of the molecule is C[C@]12C=CC(=O)C=C1[C@@H](F)CC1[C@@H]3C[C@H]4OC(c5ccc6ncccc6c5)O[C@@]4(C(=O)SCC#N)[C@@]3(C)C[C@H](O)[C@@]12F. The minimum atomic E-state index is -2.28. The second-order valence-corrected chi connectivity index (χ2v) is 13.5. The quantitative estimate of drug-likeness (QED) is 0.525. The number of aromatic nitrogens is 1. The number of carbonyl (C=O) groups excluding carboxylic acids is 2. The number of aliphatic hydroxyl groups is 1. The first kappa shape index (κ1) is 27.8. The normalized spacial score (nSPS) is 43.6. The largest absolute Gasteiger partial charge is 0.390 e. The van der Waals surface area contributed by atoms with Gasteiger partial charge in [-0.05, 0) is 68.0 Å². The number of carbonyl (C=O) groups is 2. The number of ketones is 1. The van der Waals surface area contributed by atoms with Crippen LogP contribution in [0.3, 0.4) is 0 Å². The van der Waals surface area contributed by atoms with E-state index in [4.69, 9.17) is 9.47 Å². The van der Waals surface area contributed by atoms with Crippen LogP contribution in [0.5, 0.6) is 0 Å². The number of nitriles is 1. The zero-order valence-electron chi connectivity index (χ0n) is 23.1. The van der Waals surface area contributed by atoms with E-state index in [0.29, 0.717) is 5.56 Å². The molecular formula is C32H30F2N2O5S. The molecule has 10 heteroatoms. The molecule has 4 aliphatic carbocycles. The molecule has 7 nitrogen and oxygen atoms in total. The first-order valence-corrected chi connectivity index (χ1v) is 15.2. The maximum atomic E-state index is 17.6. The molecular weight excluding hydrogens is 562 g/mol. The van der Waals surface area contributed by atoms with Crippen LogP contribution in [0.4, 0.5) is 8.78 Å². The molecule has 2 unspecified atom stereocenters. The molecule has 4 fully saturated rings. The van der Waals surface area contributed by atoms with Gasteiger partial charge in [-0.15, -0.1) is 0 Å². The third kappa shape index (κ3) is 3.39. The maximum absolute atomic E-state index is 17.6. The summed E-state index contributed by atoms with van der Waals surface area (Å²) in [5, 5.41) is 21.4. The zero-order valence-corrected chi connectivity index (χ0v) is 23.9. The van der Waals surface area contributed by atoms with Crippen LogP contribution in [0.15, 0.2) is 60.3 Å². The first-order valence-electron chi connectivity index (χ1n) is 14.2. The highest BCUT2D eigenvalue weighted by atomic mass is 32.2. The van der Waals surface area contributed by atoms with Crippen molar-refractivity contribution >= 4 is 33.6 Å². The fourth-order valence-corrected chi connectivity index (χ4v) is 9.71. The molecule has 1 saturated heterocycles. The predicted molar refractivity (Wildman–Crippen MR) is 150 cm³/mol. The summed E-state index contributed by atoms with van der Waals surface area (Å²) in [6.45, 7) is 3.35. The van der Waals surface area contributed by atoms with Gasteiger partial charge in [0.25, 0.3) is 0 Å². The molecule has 1 N–H and O–H groups in total. The molecule has 10 atom stereocenters. The maximum Gasteiger partial charge on any atom is 0.225 e. The van der Waals surface area contributed by atoms with Crippen molar-refractivity contribution in [2.45, 2.75) is 69.0 Å². The summed E-state index contributed by atoms with van der Waals surface area (Å²) < 4.78 is 46.6. The third-order valence-corrected chi connectivity index (χ3v) is 11.7. The Balaban J connectivity index is 1.32. The minimum Gasteiger partial charge on any atom is -0.390 e. The number of pyridine rings is 1. The molecule has 7 rings (SSSR count). The fourth-order valence-electron chi connectivity index (χ4n) is 8.89. The summed E-state index contributed by atoms with van der Waals surface area (Å²) in [4.78, 5) is 30.6. The van der Waals surface area contributed by atoms with Crippen LogP contribution >= 0.6 is 11.8 Å². The monoisotopic (exact) mass is 592 g/mol. The molecule has 218 valence electrons. The van der Waals surface area contributed by atoms with Gasteiger partial charge in [0.15, 0.2) is 23.3 Å². The minimum absolute atomic E-state index is 0.0447. The number of thioether (sulfide) groups is 1. The summed E-state index contributed by atoms with van der Waals surface area (Å²) in [6.07, 6.45) is 0.436. The zero-order chi connectivity index (χ0) is 29.7. The van der Waals surface area contributed by atoms with E-state index in [0.717, 1.165) is 28.7 Å². The Kier molecular flexibility index (Phi) is 6.14. The Morgan fingerprint density at radius 1 is 1.26 bits per heavy atom. The van der Waals surface area contributed by atoms with Crippen LogP contribution in [-0.4, -0.2) is 56.4 Å². The number of ether oxygens (including phenoxy) is 2. The highest BCUT2D eigenvalue weighted by Gasteiger charge is 2.80. The summed E-state index contributed by atoms with van der Waals surface area (Å²) >= 11 is 0.821. The molecule has 0 spiro atoms. The molecule has 2 aromatic rings. The second-order valence-electron chi connectivity index (χ2n) is 12.6. The Bertz CT molecular complexity index is 1630. The number of rotatable bonds is 3. The number of hydrogen-bond acceptors (Lipinski definition) is 8. The van der Waals surface area contributed by atoms with Crippen molar-refractivity contribution in [2.75, 3.05) is 5.75 Å². The molecule has 0 radical (unpaired) electrons. The molecule has 0 bridgehead atoms. The van der Waals surface area contributed by atoms with Crippen molar-refractivity contribution in [3.05, 3.63) is 65.9 Å². The number of aliphatic hydroxyl groups excluding tert-OH is 1. The van der Waals surface area contributed by atoms with Crippen molar-refractivity contribution < 1.29 is 33.0 Å². The second kappa shape index (κ2) is 9.26. The molecule has 42 heavy (non-hydrogen) atoms. The molecule has 3 saturated carbocycles. The van der Waals surface area contributed by atoms with Gasteiger partial charge < -0.3 is 14.6 Å². The van der Waals surface area contributed by atoms with Crippen LogP contribution in [0, 0.1) is 34.0 Å². The van der Waals surface area contributed by atoms with Gasteiger partial charge in [0.2, 0.25) is 5.12 Å². The lowest BCUT2D eigenvalue weighted by Crippen LogP contribution is -2.70. The lowest BCUT2D eigenvalue weighted by molar-refractivity contribution is -0.232. The Morgan fingerprint density at radius 3 is 2.86 bits per heavy atom. The van der Waals surface area contributed by atoms with E-state index in [1.165, 1.54) is 12.2 Å². The topological polar surface area (TPSA) is 110 Å². The number of nitrogens with zero attached hydrogens (tertiary/aromatic N) is 2. The Morgan fingerprint density at radius 2 is 2.07 bits per heavy atom. The third-order valence-electron chi connectivity index (χ3n) is 10.8. The average Bonchev–Trinajstić information content (AvgIpc) is 3.47. The summed E-state index contributed by atoms with van der Waals surface area (Å²) in [6, 6.07) is 11.3. The van der Waals surface area contributed by atoms with E-state index in [1.807, 2.05) is 43.3 Å². The van der Waals surface area contributed by atoms with Gasteiger partial charge in [-0.3, -0.25) is 14.6 Å². The molecule has 2 heterocycles. The molecule has 1 aromatic carbocycles. The van der Waals surface area contributed by atoms with Crippen LogP contribution in [0.2, 0.25) is 0 Å². The van der Waals surface area contributed by atoms with Gasteiger partial charge in [-0.1, -0.05) is 36.9 Å². The number of hydrogen-bond donors (Lipinski definition) is 1. The fraction of sp³-hybridized carbons (Fsp3) is 0.500. The Hall–Kier alpha value is -2.97. The number of benzene rings is 1. The van der Waals surface area contributed by atoms with Crippen molar-refractivity contribution in [1.82, 2.24) is 4.98 Å². The van der Waals surface area contributed by atoms with Gasteiger partial charge in [-0.2, -0.15) is 5.26 Å². The standard InChI is InChI=1S/C32H30F2N2O5S/c1-29-8-7-19(37)13-22(29)23(33)14-21-20-15-26-32(28(39)42-11-9-35,30(20,2)16-25(38)31(21,29)34)41-27(40-26)18-5-6-24-17(12-18)4-3-10-36-24/h3-8,10,12-13,20-21,23,25-27,38H,11,14-16H2,1-2H3/t20-,21?,23-,25-,26+,27?,29-,30-,31-,32-/m0/s1.